The summed E-state index contributed by atoms with van der Waals surface area (Å²) in [5.74, 6) is 0.702. The summed E-state index contributed by atoms with van der Waals surface area (Å²) in [6, 6.07) is 5.29. The molecule has 4 heteroatoms. The summed E-state index contributed by atoms with van der Waals surface area (Å²) in [4.78, 5) is 0. The molecule has 0 amide bonds. The van der Waals surface area contributed by atoms with E-state index in [1.165, 1.54) is 0 Å². The summed E-state index contributed by atoms with van der Waals surface area (Å²) >= 11 is 11.9. The van der Waals surface area contributed by atoms with Crippen molar-refractivity contribution in [3.63, 3.8) is 0 Å². The Morgan fingerprint density at radius 1 is 1.21 bits per heavy atom. The fourth-order valence-electron chi connectivity index (χ4n) is 1.55. The van der Waals surface area contributed by atoms with Crippen LogP contribution in [0.15, 0.2) is 18.2 Å². The molecule has 0 saturated carbocycles. The topological polar surface area (TPSA) is 21.3 Å². The van der Waals surface area contributed by atoms with Crippen LogP contribution in [0.2, 0.25) is 10.0 Å². The number of benzene rings is 1. The molecule has 0 radical (unpaired) electrons. The molecule has 0 heterocycles. The Balaban J connectivity index is 2.17. The van der Waals surface area contributed by atoms with E-state index in [2.05, 4.69) is 26.1 Å². The maximum absolute atomic E-state index is 6.03. The van der Waals surface area contributed by atoms with Crippen molar-refractivity contribution in [3.8, 4) is 5.75 Å². The summed E-state index contributed by atoms with van der Waals surface area (Å²) < 4.78 is 5.63. The average molecular weight is 304 g/mol. The van der Waals surface area contributed by atoms with Crippen molar-refractivity contribution in [3.05, 3.63) is 28.2 Å². The summed E-state index contributed by atoms with van der Waals surface area (Å²) in [6.07, 6.45) is 3.23. The van der Waals surface area contributed by atoms with Gasteiger partial charge in [-0.15, -0.1) is 0 Å². The van der Waals surface area contributed by atoms with Crippen molar-refractivity contribution in [2.45, 2.75) is 45.6 Å². The van der Waals surface area contributed by atoms with Crippen LogP contribution in [-0.4, -0.2) is 18.7 Å². The predicted octanol–water partition coefficient (Wildman–Crippen LogP) is 4.93. The van der Waals surface area contributed by atoms with Gasteiger partial charge in [0.25, 0.3) is 0 Å². The molecule has 2 nitrogen and oxygen atoms in total. The summed E-state index contributed by atoms with van der Waals surface area (Å²) in [7, 11) is 0. The van der Waals surface area contributed by atoms with Gasteiger partial charge in [0.1, 0.15) is 5.75 Å². The van der Waals surface area contributed by atoms with Gasteiger partial charge in [0.2, 0.25) is 0 Å². The van der Waals surface area contributed by atoms with Gasteiger partial charge in [-0.1, -0.05) is 30.1 Å². The molecule has 0 spiro atoms. The van der Waals surface area contributed by atoms with E-state index < -0.39 is 0 Å². The number of halogens is 2. The average Bonchev–Trinajstić information content (AvgIpc) is 2.35. The van der Waals surface area contributed by atoms with Gasteiger partial charge >= 0.3 is 0 Å². The molecule has 0 aliphatic heterocycles. The van der Waals surface area contributed by atoms with Crippen molar-refractivity contribution in [1.29, 1.82) is 0 Å². The fourth-order valence-corrected chi connectivity index (χ4v) is 2.02. The van der Waals surface area contributed by atoms with E-state index in [1.807, 2.05) is 6.07 Å². The Morgan fingerprint density at radius 3 is 2.58 bits per heavy atom. The minimum Gasteiger partial charge on any atom is -0.492 e. The highest BCUT2D eigenvalue weighted by Crippen LogP contribution is 2.27. The molecule has 0 aliphatic rings. The van der Waals surface area contributed by atoms with Crippen LogP contribution in [0.1, 0.15) is 40.0 Å². The molecule has 1 N–H and O–H groups in total. The van der Waals surface area contributed by atoms with Gasteiger partial charge in [-0.3, -0.25) is 0 Å². The molecule has 19 heavy (non-hydrogen) atoms. The van der Waals surface area contributed by atoms with Crippen molar-refractivity contribution in [1.82, 2.24) is 5.32 Å². The molecule has 0 fully saturated rings. The Hall–Kier alpha value is -0.440. The maximum atomic E-state index is 6.03. The van der Waals surface area contributed by atoms with Gasteiger partial charge in [-0.25, -0.2) is 0 Å². The van der Waals surface area contributed by atoms with Gasteiger partial charge in [0, 0.05) is 10.6 Å². The number of rotatable bonds is 8. The second kappa shape index (κ2) is 7.98. The van der Waals surface area contributed by atoms with Crippen LogP contribution >= 0.6 is 23.2 Å². The van der Waals surface area contributed by atoms with Crippen LogP contribution < -0.4 is 10.1 Å². The first kappa shape index (κ1) is 16.6. The quantitative estimate of drug-likeness (QED) is 0.687. The number of hydrogen-bond donors (Lipinski definition) is 1. The lowest BCUT2D eigenvalue weighted by atomic mass is 10.0. The van der Waals surface area contributed by atoms with Gasteiger partial charge < -0.3 is 10.1 Å². The highest BCUT2D eigenvalue weighted by atomic mass is 35.5. The van der Waals surface area contributed by atoms with Crippen molar-refractivity contribution in [2.24, 2.45) is 0 Å². The third kappa shape index (κ3) is 6.51. The Bertz CT molecular complexity index is 394. The first-order valence-corrected chi connectivity index (χ1v) is 7.53. The standard InChI is InChI=1S/C15H23Cl2NO/c1-4-15(2,3)18-9-5-6-10-19-14-8-7-12(16)11-13(14)17/h7-8,11,18H,4-6,9-10H2,1-3H3. The Morgan fingerprint density at radius 2 is 1.95 bits per heavy atom. The number of unbranched alkanes of at least 4 members (excludes halogenated alkanes) is 1. The lowest BCUT2D eigenvalue weighted by Gasteiger charge is -2.24. The largest absolute Gasteiger partial charge is 0.492 e. The van der Waals surface area contributed by atoms with E-state index in [0.29, 0.717) is 22.4 Å². The van der Waals surface area contributed by atoms with Crippen LogP contribution in [0.4, 0.5) is 0 Å². The third-order valence-electron chi connectivity index (χ3n) is 3.21. The monoisotopic (exact) mass is 303 g/mol. The zero-order valence-electron chi connectivity index (χ0n) is 11.9. The summed E-state index contributed by atoms with van der Waals surface area (Å²) in [6.45, 7) is 8.32. The number of hydrogen-bond acceptors (Lipinski definition) is 2. The SMILES string of the molecule is CCC(C)(C)NCCCCOc1ccc(Cl)cc1Cl. The van der Waals surface area contributed by atoms with Crippen molar-refractivity contribution >= 4 is 23.2 Å². The zero-order chi connectivity index (χ0) is 14.3. The third-order valence-corrected chi connectivity index (χ3v) is 3.74. The van der Waals surface area contributed by atoms with Crippen LogP contribution in [-0.2, 0) is 0 Å². The Labute approximate surface area is 126 Å². The minimum absolute atomic E-state index is 0.223. The predicted molar refractivity (Wildman–Crippen MR) is 83.6 cm³/mol. The molecule has 0 aliphatic carbocycles. The minimum atomic E-state index is 0.223. The smallest absolute Gasteiger partial charge is 0.137 e. The highest BCUT2D eigenvalue weighted by molar-refractivity contribution is 6.35. The zero-order valence-corrected chi connectivity index (χ0v) is 13.4. The van der Waals surface area contributed by atoms with Crippen LogP contribution in [0.3, 0.4) is 0 Å². The molecule has 1 rings (SSSR count). The second-order valence-corrected chi connectivity index (χ2v) is 6.14. The molecule has 1 aromatic carbocycles. The molecule has 0 saturated heterocycles. The molecule has 0 atom stereocenters. The van der Waals surface area contributed by atoms with Gasteiger partial charge in [-0.2, -0.15) is 0 Å². The normalized spacial score (nSPS) is 11.6. The molecular formula is C15H23Cl2NO. The maximum Gasteiger partial charge on any atom is 0.137 e. The summed E-state index contributed by atoms with van der Waals surface area (Å²) in [5, 5.41) is 4.72. The summed E-state index contributed by atoms with van der Waals surface area (Å²) in [5.41, 5.74) is 0.223. The first-order valence-electron chi connectivity index (χ1n) is 6.77. The second-order valence-electron chi connectivity index (χ2n) is 5.29. The molecule has 1 aromatic rings. The number of nitrogens with one attached hydrogen (secondary N) is 1. The molecule has 0 aromatic heterocycles. The Kier molecular flexibility index (Phi) is 6.98. The first-order chi connectivity index (χ1) is 8.94. The van der Waals surface area contributed by atoms with Gasteiger partial charge in [-0.05, 0) is 57.9 Å². The van der Waals surface area contributed by atoms with Crippen LogP contribution in [0.25, 0.3) is 0 Å². The van der Waals surface area contributed by atoms with E-state index >= 15 is 0 Å². The van der Waals surface area contributed by atoms with E-state index in [4.69, 9.17) is 27.9 Å². The van der Waals surface area contributed by atoms with Crippen LogP contribution in [0, 0.1) is 0 Å². The highest BCUT2D eigenvalue weighted by Gasteiger charge is 2.12. The molecule has 0 unspecified atom stereocenters. The van der Waals surface area contributed by atoms with Crippen molar-refractivity contribution < 1.29 is 4.74 Å². The molecular weight excluding hydrogens is 281 g/mol. The van der Waals surface area contributed by atoms with Gasteiger partial charge in [0.15, 0.2) is 0 Å². The fraction of sp³-hybridized carbons (Fsp3) is 0.600. The lowest BCUT2D eigenvalue weighted by molar-refractivity contribution is 0.298. The molecule has 108 valence electrons. The number of ether oxygens (including phenoxy) is 1. The van der Waals surface area contributed by atoms with E-state index in [9.17, 15) is 0 Å². The lowest BCUT2D eigenvalue weighted by Crippen LogP contribution is -2.39. The van der Waals surface area contributed by atoms with E-state index in [0.717, 1.165) is 25.8 Å². The van der Waals surface area contributed by atoms with Gasteiger partial charge in [0.05, 0.1) is 11.6 Å². The molecule has 0 bridgehead atoms. The van der Waals surface area contributed by atoms with Crippen LogP contribution in [0.5, 0.6) is 5.75 Å². The van der Waals surface area contributed by atoms with E-state index in [1.54, 1.807) is 12.1 Å². The van der Waals surface area contributed by atoms with Crippen molar-refractivity contribution in [2.75, 3.05) is 13.2 Å². The van der Waals surface area contributed by atoms with E-state index in [-0.39, 0.29) is 5.54 Å².